The molecule has 2 aliphatic rings. The number of anilines is 1. The summed E-state index contributed by atoms with van der Waals surface area (Å²) < 4.78 is 11.2. The Balaban J connectivity index is 1.31. The van der Waals surface area contributed by atoms with E-state index in [1.807, 2.05) is 35.2 Å². The second kappa shape index (κ2) is 7.95. The van der Waals surface area contributed by atoms with Gasteiger partial charge in [0.1, 0.15) is 17.3 Å². The van der Waals surface area contributed by atoms with Crippen LogP contribution in [0.15, 0.2) is 59.0 Å². The van der Waals surface area contributed by atoms with E-state index in [0.29, 0.717) is 30.1 Å². The van der Waals surface area contributed by atoms with Crippen molar-refractivity contribution in [2.75, 3.05) is 19.0 Å². The molecule has 6 nitrogen and oxygen atoms in total. The first-order valence-corrected chi connectivity index (χ1v) is 10.6. The molecule has 0 saturated heterocycles. The number of ether oxygens (including phenoxy) is 1. The van der Waals surface area contributed by atoms with Gasteiger partial charge in [0.05, 0.1) is 7.11 Å². The molecule has 1 saturated carbocycles. The van der Waals surface area contributed by atoms with E-state index < -0.39 is 0 Å². The van der Waals surface area contributed by atoms with Crippen molar-refractivity contribution in [3.05, 3.63) is 71.5 Å². The number of nitrogens with one attached hydrogen (secondary N) is 1. The minimum Gasteiger partial charge on any atom is -0.497 e. The van der Waals surface area contributed by atoms with Gasteiger partial charge < -0.3 is 19.4 Å². The molecule has 0 spiro atoms. The number of carbonyl (C=O) groups excluding carboxylic acids is 2. The van der Waals surface area contributed by atoms with Gasteiger partial charge in [-0.05, 0) is 55.3 Å². The molecule has 2 amide bonds. The lowest BCUT2D eigenvalue weighted by Gasteiger charge is -2.26. The fraction of sp³-hybridized carbons (Fsp3) is 0.280. The van der Waals surface area contributed by atoms with Crippen LogP contribution >= 0.6 is 0 Å². The lowest BCUT2D eigenvalue weighted by atomic mass is 10.1. The topological polar surface area (TPSA) is 71.8 Å². The van der Waals surface area contributed by atoms with E-state index >= 15 is 0 Å². The summed E-state index contributed by atoms with van der Waals surface area (Å²) in [5.41, 5.74) is 3.21. The van der Waals surface area contributed by atoms with Crippen LogP contribution in [-0.2, 0) is 17.8 Å². The molecule has 0 unspecified atom stereocenters. The molecule has 1 aromatic heterocycles. The second-order valence-corrected chi connectivity index (χ2v) is 8.11. The molecule has 3 aromatic rings. The van der Waals surface area contributed by atoms with E-state index in [0.717, 1.165) is 41.9 Å². The van der Waals surface area contributed by atoms with Crippen molar-refractivity contribution in [2.24, 2.45) is 5.92 Å². The van der Waals surface area contributed by atoms with Gasteiger partial charge in [0.2, 0.25) is 5.91 Å². The van der Waals surface area contributed by atoms with E-state index in [2.05, 4.69) is 5.32 Å². The number of furan rings is 1. The number of fused-ring (bicyclic) bond motifs is 1. The predicted molar refractivity (Wildman–Crippen MR) is 117 cm³/mol. The van der Waals surface area contributed by atoms with Crippen molar-refractivity contribution in [3.8, 4) is 17.1 Å². The van der Waals surface area contributed by atoms with Gasteiger partial charge in [-0.25, -0.2) is 0 Å². The average Bonchev–Trinajstić information content (AvgIpc) is 3.57. The van der Waals surface area contributed by atoms with Crippen LogP contribution in [0.2, 0.25) is 0 Å². The van der Waals surface area contributed by atoms with Crippen LogP contribution in [0, 0.1) is 5.92 Å². The predicted octanol–water partition coefficient (Wildman–Crippen LogP) is 4.50. The Morgan fingerprint density at radius 3 is 2.65 bits per heavy atom. The highest BCUT2D eigenvalue weighted by atomic mass is 16.5. The molecule has 6 heteroatoms. The number of rotatable bonds is 5. The van der Waals surface area contributed by atoms with Crippen LogP contribution in [0.3, 0.4) is 0 Å². The largest absolute Gasteiger partial charge is 0.497 e. The number of amides is 2. The molecule has 1 aliphatic carbocycles. The molecular formula is C25H24N2O4. The van der Waals surface area contributed by atoms with Gasteiger partial charge in [-0.1, -0.05) is 12.1 Å². The van der Waals surface area contributed by atoms with Crippen LogP contribution < -0.4 is 10.1 Å². The third kappa shape index (κ3) is 4.06. The standard InChI is InChI=1S/C25H24N2O4/c1-30-21-9-7-16(8-10-21)24(28)26-20-4-2-3-18(13-20)23-14-19-15-27(12-11-22(19)31-23)25(29)17-5-6-17/h2-4,7-10,13-14,17H,5-6,11-12,15H2,1H3,(H,26,28). The maximum Gasteiger partial charge on any atom is 0.255 e. The normalized spacial score (nSPS) is 15.3. The van der Waals surface area contributed by atoms with E-state index in [1.165, 1.54) is 0 Å². The monoisotopic (exact) mass is 416 g/mol. The Bertz CT molecular complexity index is 1130. The molecule has 1 fully saturated rings. The number of benzene rings is 2. The van der Waals surface area contributed by atoms with Crippen LogP contribution in [0.4, 0.5) is 5.69 Å². The van der Waals surface area contributed by atoms with Crippen molar-refractivity contribution in [2.45, 2.75) is 25.8 Å². The Labute approximate surface area is 180 Å². The zero-order valence-electron chi connectivity index (χ0n) is 17.4. The molecule has 0 radical (unpaired) electrons. The van der Waals surface area contributed by atoms with Gasteiger partial charge >= 0.3 is 0 Å². The SMILES string of the molecule is COc1ccc(C(=O)Nc2cccc(-c3cc4c(o3)CCN(C(=O)C3CC3)C4)c2)cc1. The summed E-state index contributed by atoms with van der Waals surface area (Å²) in [5, 5.41) is 2.93. The summed E-state index contributed by atoms with van der Waals surface area (Å²) in [6.07, 6.45) is 2.78. The molecule has 5 rings (SSSR count). The number of hydrogen-bond acceptors (Lipinski definition) is 4. The molecule has 1 N–H and O–H groups in total. The third-order valence-corrected chi connectivity index (χ3v) is 5.86. The Hall–Kier alpha value is -3.54. The Kier molecular flexibility index (Phi) is 4.98. The van der Waals surface area contributed by atoms with E-state index in [-0.39, 0.29) is 17.7 Å². The minimum atomic E-state index is -0.187. The smallest absolute Gasteiger partial charge is 0.255 e. The summed E-state index contributed by atoms with van der Waals surface area (Å²) in [4.78, 5) is 26.9. The van der Waals surface area contributed by atoms with E-state index in [9.17, 15) is 9.59 Å². The van der Waals surface area contributed by atoms with Crippen molar-refractivity contribution in [1.82, 2.24) is 4.90 Å². The third-order valence-electron chi connectivity index (χ3n) is 5.86. The second-order valence-electron chi connectivity index (χ2n) is 8.11. The average molecular weight is 416 g/mol. The number of methoxy groups -OCH3 is 1. The maximum absolute atomic E-state index is 12.6. The first-order chi connectivity index (χ1) is 15.1. The maximum atomic E-state index is 12.6. The Morgan fingerprint density at radius 2 is 1.90 bits per heavy atom. The van der Waals surface area contributed by atoms with Crippen molar-refractivity contribution in [1.29, 1.82) is 0 Å². The summed E-state index contributed by atoms with van der Waals surface area (Å²) in [7, 11) is 1.59. The van der Waals surface area contributed by atoms with E-state index in [1.54, 1.807) is 31.4 Å². The molecule has 31 heavy (non-hydrogen) atoms. The lowest BCUT2D eigenvalue weighted by molar-refractivity contribution is -0.133. The fourth-order valence-corrected chi connectivity index (χ4v) is 3.95. The van der Waals surface area contributed by atoms with Crippen molar-refractivity contribution in [3.63, 3.8) is 0 Å². The highest BCUT2D eigenvalue weighted by Gasteiger charge is 2.35. The summed E-state index contributed by atoms with van der Waals surface area (Å²) in [5.74, 6) is 2.73. The first kappa shape index (κ1) is 19.4. The summed E-state index contributed by atoms with van der Waals surface area (Å²) in [6.45, 7) is 1.33. The highest BCUT2D eigenvalue weighted by molar-refractivity contribution is 6.04. The van der Waals surface area contributed by atoms with Gasteiger partial charge in [0.25, 0.3) is 5.91 Å². The van der Waals surface area contributed by atoms with Gasteiger partial charge in [0.15, 0.2) is 0 Å². The van der Waals surface area contributed by atoms with Crippen LogP contribution in [0.5, 0.6) is 5.75 Å². The first-order valence-electron chi connectivity index (χ1n) is 10.6. The quantitative estimate of drug-likeness (QED) is 0.665. The van der Waals surface area contributed by atoms with Crippen molar-refractivity contribution >= 4 is 17.5 Å². The fourth-order valence-electron chi connectivity index (χ4n) is 3.95. The van der Waals surface area contributed by atoms with Gasteiger partial charge in [-0.15, -0.1) is 0 Å². The molecule has 2 aromatic carbocycles. The van der Waals surface area contributed by atoms with Gasteiger partial charge in [-0.3, -0.25) is 9.59 Å². The highest BCUT2D eigenvalue weighted by Crippen LogP contribution is 2.35. The van der Waals surface area contributed by atoms with Gasteiger partial charge in [-0.2, -0.15) is 0 Å². The van der Waals surface area contributed by atoms with Crippen LogP contribution in [0.25, 0.3) is 11.3 Å². The number of nitrogens with zero attached hydrogens (tertiary/aromatic N) is 1. The molecule has 0 atom stereocenters. The van der Waals surface area contributed by atoms with Crippen molar-refractivity contribution < 1.29 is 18.7 Å². The minimum absolute atomic E-state index is 0.187. The summed E-state index contributed by atoms with van der Waals surface area (Å²) >= 11 is 0. The zero-order valence-corrected chi connectivity index (χ0v) is 17.4. The number of carbonyl (C=O) groups is 2. The van der Waals surface area contributed by atoms with Gasteiger partial charge in [0, 0.05) is 47.8 Å². The molecular weight excluding hydrogens is 392 g/mol. The summed E-state index contributed by atoms with van der Waals surface area (Å²) in [6, 6.07) is 16.6. The van der Waals surface area contributed by atoms with Crippen LogP contribution in [0.1, 0.15) is 34.5 Å². The molecule has 1 aliphatic heterocycles. The molecule has 158 valence electrons. The van der Waals surface area contributed by atoms with E-state index in [4.69, 9.17) is 9.15 Å². The lowest BCUT2D eigenvalue weighted by Crippen LogP contribution is -2.36. The number of hydrogen-bond donors (Lipinski definition) is 1. The zero-order chi connectivity index (χ0) is 21.4. The molecule has 2 heterocycles. The Morgan fingerprint density at radius 1 is 1.10 bits per heavy atom. The van der Waals surface area contributed by atoms with Crippen LogP contribution in [-0.4, -0.2) is 30.4 Å². The molecule has 0 bridgehead atoms.